The first-order chi connectivity index (χ1) is 24.5. The van der Waals surface area contributed by atoms with Gasteiger partial charge in [0.1, 0.15) is 48.4 Å². The van der Waals surface area contributed by atoms with E-state index in [1.807, 2.05) is 62.4 Å². The lowest BCUT2D eigenvalue weighted by molar-refractivity contribution is -0.152. The normalized spacial score (nSPS) is 22.3. The molecule has 0 bridgehead atoms. The summed E-state index contributed by atoms with van der Waals surface area (Å²) >= 11 is 0. The summed E-state index contributed by atoms with van der Waals surface area (Å²) in [5.74, 6) is 3.38. The van der Waals surface area contributed by atoms with Crippen molar-refractivity contribution < 1.29 is 37.9 Å². The second kappa shape index (κ2) is 16.8. The third kappa shape index (κ3) is 11.0. The van der Waals surface area contributed by atoms with Crippen LogP contribution in [0.3, 0.4) is 0 Å². The van der Waals surface area contributed by atoms with Crippen molar-refractivity contribution in [1.29, 1.82) is 0 Å². The molecule has 4 aromatic rings. The largest absolute Gasteiger partial charge is 0.491 e. The maximum absolute atomic E-state index is 6.26. The maximum Gasteiger partial charge on any atom is 0.197 e. The molecule has 1 saturated carbocycles. The van der Waals surface area contributed by atoms with Gasteiger partial charge in [-0.05, 0) is 123 Å². The highest BCUT2D eigenvalue weighted by Gasteiger charge is 2.26. The van der Waals surface area contributed by atoms with Gasteiger partial charge in [-0.3, -0.25) is 0 Å². The molecule has 1 aliphatic carbocycles. The lowest BCUT2D eigenvalue weighted by atomic mass is 9.95. The van der Waals surface area contributed by atoms with Gasteiger partial charge >= 0.3 is 0 Å². The standard InChI is InChI=1S/C42H48O8/c1-29(47-37-15-7-33(8-16-37)23-31-3-11-35(12-4-31)43-25-41-27-45-41)49-39-19-21-40(22-20-39)50-30(2)48-38-17-9-34(10-18-38)24-32-5-13-36(14-6-32)44-26-42-28-46-42/h3-18,29-30,39-42H,19-28H2,1-2H3. The molecule has 8 nitrogen and oxygen atoms in total. The van der Waals surface area contributed by atoms with Crippen LogP contribution in [0.25, 0.3) is 0 Å². The van der Waals surface area contributed by atoms with Crippen molar-refractivity contribution in [1.82, 2.24) is 0 Å². The molecular weight excluding hydrogens is 632 g/mol. The Hall–Kier alpha value is -4.08. The van der Waals surface area contributed by atoms with Gasteiger partial charge in [0.05, 0.1) is 25.4 Å². The van der Waals surface area contributed by atoms with E-state index < -0.39 is 0 Å². The van der Waals surface area contributed by atoms with Crippen molar-refractivity contribution in [2.24, 2.45) is 0 Å². The van der Waals surface area contributed by atoms with E-state index in [9.17, 15) is 0 Å². The zero-order valence-corrected chi connectivity index (χ0v) is 29.0. The quantitative estimate of drug-likeness (QED) is 0.0775. The van der Waals surface area contributed by atoms with E-state index in [0.29, 0.717) is 13.2 Å². The Balaban J connectivity index is 0.772. The van der Waals surface area contributed by atoms with Crippen molar-refractivity contribution in [2.75, 3.05) is 26.4 Å². The Kier molecular flexibility index (Phi) is 11.5. The number of benzene rings is 4. The summed E-state index contributed by atoms with van der Waals surface area (Å²) in [5, 5.41) is 0. The second-order valence-corrected chi connectivity index (χ2v) is 13.5. The molecule has 4 aromatic carbocycles. The van der Waals surface area contributed by atoms with Crippen LogP contribution in [0.15, 0.2) is 97.1 Å². The number of hydrogen-bond donors (Lipinski definition) is 0. The van der Waals surface area contributed by atoms with Crippen molar-refractivity contribution >= 4 is 0 Å². The first-order valence-corrected chi connectivity index (χ1v) is 18.0. The Labute approximate surface area is 295 Å². The molecule has 0 N–H and O–H groups in total. The van der Waals surface area contributed by atoms with Crippen LogP contribution in [0, 0.1) is 0 Å². The smallest absolute Gasteiger partial charge is 0.197 e. The molecule has 0 radical (unpaired) electrons. The zero-order chi connectivity index (χ0) is 34.1. The average molecular weight is 681 g/mol. The van der Waals surface area contributed by atoms with Gasteiger partial charge in [-0.25, -0.2) is 0 Å². The molecular formula is C42H48O8. The molecule has 8 heteroatoms. The molecule has 0 aromatic heterocycles. The summed E-state index contributed by atoms with van der Waals surface area (Å²) in [4.78, 5) is 0. The van der Waals surface area contributed by atoms with Crippen LogP contribution in [-0.4, -0.2) is 63.4 Å². The SMILES string of the molecule is CC(Oc1ccc(Cc2ccc(OCC3CO3)cc2)cc1)OC1CCC(OC(C)Oc2ccc(Cc3ccc(OCC4CO4)cc3)cc2)CC1. The predicted molar refractivity (Wildman–Crippen MR) is 190 cm³/mol. The summed E-state index contributed by atoms with van der Waals surface area (Å²) in [6.07, 6.45) is 5.59. The summed E-state index contributed by atoms with van der Waals surface area (Å²) in [6.45, 7) is 6.79. The molecule has 264 valence electrons. The third-order valence-electron chi connectivity index (χ3n) is 9.18. The molecule has 4 atom stereocenters. The lowest BCUT2D eigenvalue weighted by Crippen LogP contribution is -2.33. The fourth-order valence-electron chi connectivity index (χ4n) is 6.24. The minimum atomic E-state index is -0.331. The summed E-state index contributed by atoms with van der Waals surface area (Å²) in [5.41, 5.74) is 4.92. The van der Waals surface area contributed by atoms with Gasteiger partial charge in [-0.15, -0.1) is 0 Å². The fraction of sp³-hybridized carbons (Fsp3) is 0.429. The van der Waals surface area contributed by atoms with Crippen LogP contribution in [0.2, 0.25) is 0 Å². The molecule has 3 aliphatic rings. The van der Waals surface area contributed by atoms with Gasteiger partial charge in [0.15, 0.2) is 12.6 Å². The van der Waals surface area contributed by atoms with E-state index in [2.05, 4.69) is 48.5 Å². The van der Waals surface area contributed by atoms with Crippen molar-refractivity contribution in [3.63, 3.8) is 0 Å². The topological polar surface area (TPSA) is 80.4 Å². The van der Waals surface area contributed by atoms with E-state index in [1.54, 1.807) is 0 Å². The minimum Gasteiger partial charge on any atom is -0.491 e. The number of epoxide rings is 2. The second-order valence-electron chi connectivity index (χ2n) is 13.5. The maximum atomic E-state index is 6.26. The van der Waals surface area contributed by atoms with Crippen molar-refractivity contribution in [3.8, 4) is 23.0 Å². The van der Waals surface area contributed by atoms with E-state index >= 15 is 0 Å². The van der Waals surface area contributed by atoms with E-state index in [1.165, 1.54) is 22.3 Å². The monoisotopic (exact) mass is 680 g/mol. The first kappa shape index (κ1) is 34.4. The highest BCUT2D eigenvalue weighted by atomic mass is 16.7. The van der Waals surface area contributed by atoms with Crippen LogP contribution in [0.4, 0.5) is 0 Å². The number of rotatable bonds is 18. The highest BCUT2D eigenvalue weighted by Crippen LogP contribution is 2.28. The van der Waals surface area contributed by atoms with Crippen molar-refractivity contribution in [2.45, 2.75) is 89.4 Å². The Morgan fingerprint density at radius 1 is 0.480 bits per heavy atom. The molecule has 4 unspecified atom stereocenters. The summed E-state index contributed by atoms with van der Waals surface area (Å²) in [6, 6.07) is 33.1. The van der Waals surface area contributed by atoms with Crippen LogP contribution < -0.4 is 18.9 Å². The van der Waals surface area contributed by atoms with Gasteiger partial charge in [-0.1, -0.05) is 48.5 Å². The van der Waals surface area contributed by atoms with Crippen LogP contribution >= 0.6 is 0 Å². The summed E-state index contributed by atoms with van der Waals surface area (Å²) < 4.78 is 46.6. The Morgan fingerprint density at radius 2 is 0.780 bits per heavy atom. The number of ether oxygens (including phenoxy) is 8. The molecule has 50 heavy (non-hydrogen) atoms. The Morgan fingerprint density at radius 3 is 1.08 bits per heavy atom. The zero-order valence-electron chi connectivity index (χ0n) is 29.0. The third-order valence-corrected chi connectivity index (χ3v) is 9.18. The Bertz CT molecular complexity index is 1470. The highest BCUT2D eigenvalue weighted by molar-refractivity contribution is 5.35. The predicted octanol–water partition coefficient (Wildman–Crippen LogP) is 7.92. The molecule has 3 fully saturated rings. The molecule has 0 spiro atoms. The summed E-state index contributed by atoms with van der Waals surface area (Å²) in [7, 11) is 0. The van der Waals surface area contributed by atoms with Crippen LogP contribution in [0.1, 0.15) is 61.8 Å². The molecule has 2 saturated heterocycles. The van der Waals surface area contributed by atoms with Gasteiger partial charge in [0, 0.05) is 0 Å². The van der Waals surface area contributed by atoms with Crippen molar-refractivity contribution in [3.05, 3.63) is 119 Å². The van der Waals surface area contributed by atoms with Gasteiger partial charge in [0.25, 0.3) is 0 Å². The number of hydrogen-bond acceptors (Lipinski definition) is 8. The minimum absolute atomic E-state index is 0.151. The molecule has 7 rings (SSSR count). The van der Waals surface area contributed by atoms with Crippen LogP contribution in [-0.2, 0) is 31.8 Å². The van der Waals surface area contributed by atoms with E-state index in [0.717, 1.165) is 74.7 Å². The molecule has 2 aliphatic heterocycles. The molecule has 0 amide bonds. The molecule has 2 heterocycles. The fourth-order valence-corrected chi connectivity index (χ4v) is 6.24. The van der Waals surface area contributed by atoms with Crippen LogP contribution in [0.5, 0.6) is 23.0 Å². The van der Waals surface area contributed by atoms with Gasteiger partial charge in [0.2, 0.25) is 0 Å². The first-order valence-electron chi connectivity index (χ1n) is 18.0. The lowest BCUT2D eigenvalue weighted by Gasteiger charge is -2.32. The van der Waals surface area contributed by atoms with E-state index in [4.69, 9.17) is 37.9 Å². The van der Waals surface area contributed by atoms with Gasteiger partial charge in [-0.2, -0.15) is 0 Å². The van der Waals surface area contributed by atoms with Gasteiger partial charge < -0.3 is 37.9 Å². The average Bonchev–Trinajstić information content (AvgIpc) is 4.07. The van der Waals surface area contributed by atoms with E-state index in [-0.39, 0.29) is 37.0 Å².